The standard InChI is InChI=1S/C30H32ClN3O/c1-2-22-8-7-11-26(18-22)32-30(35)23-14-16-33(17-15-23)21-27-19-24-9-4-6-13-29(24)34(27)20-25-10-3-5-12-28(25)31/h3-13,18-19,23H,2,14-17,20-21H2,1H3,(H,32,35). The summed E-state index contributed by atoms with van der Waals surface area (Å²) < 4.78 is 2.38. The molecule has 1 aliphatic rings. The highest BCUT2D eigenvalue weighted by Gasteiger charge is 2.26. The zero-order valence-electron chi connectivity index (χ0n) is 20.2. The number of fused-ring (bicyclic) bond motifs is 1. The van der Waals surface area contributed by atoms with E-state index in [-0.39, 0.29) is 11.8 Å². The van der Waals surface area contributed by atoms with E-state index < -0.39 is 0 Å². The molecule has 5 rings (SSSR count). The van der Waals surface area contributed by atoms with E-state index in [4.69, 9.17) is 11.6 Å². The molecular weight excluding hydrogens is 454 g/mol. The molecule has 2 heterocycles. The number of rotatable bonds is 7. The van der Waals surface area contributed by atoms with E-state index in [1.807, 2.05) is 30.3 Å². The van der Waals surface area contributed by atoms with Crippen LogP contribution >= 0.6 is 11.6 Å². The van der Waals surface area contributed by atoms with Crippen molar-refractivity contribution < 1.29 is 4.79 Å². The topological polar surface area (TPSA) is 37.3 Å². The van der Waals surface area contributed by atoms with Crippen LogP contribution in [-0.4, -0.2) is 28.5 Å². The van der Waals surface area contributed by atoms with E-state index in [1.54, 1.807) is 0 Å². The average molecular weight is 486 g/mol. The summed E-state index contributed by atoms with van der Waals surface area (Å²) in [5.41, 5.74) is 5.78. The van der Waals surface area contributed by atoms with E-state index in [9.17, 15) is 4.79 Å². The maximum absolute atomic E-state index is 12.9. The van der Waals surface area contributed by atoms with Crippen molar-refractivity contribution in [1.82, 2.24) is 9.47 Å². The molecule has 4 aromatic rings. The number of carbonyl (C=O) groups is 1. The molecule has 5 heteroatoms. The van der Waals surface area contributed by atoms with Gasteiger partial charge in [-0.3, -0.25) is 9.69 Å². The van der Waals surface area contributed by atoms with Gasteiger partial charge in [0.05, 0.1) is 0 Å². The lowest BCUT2D eigenvalue weighted by atomic mass is 9.95. The number of para-hydroxylation sites is 1. The molecule has 0 radical (unpaired) electrons. The third-order valence-electron chi connectivity index (χ3n) is 7.13. The van der Waals surface area contributed by atoms with Crippen molar-refractivity contribution in [3.8, 4) is 0 Å². The van der Waals surface area contributed by atoms with Gasteiger partial charge in [0.25, 0.3) is 0 Å². The Balaban J connectivity index is 1.26. The highest BCUT2D eigenvalue weighted by molar-refractivity contribution is 6.31. The maximum Gasteiger partial charge on any atom is 0.227 e. The Morgan fingerprint density at radius 1 is 0.943 bits per heavy atom. The molecular formula is C30H32ClN3O. The van der Waals surface area contributed by atoms with Crippen LogP contribution in [0.2, 0.25) is 5.02 Å². The third kappa shape index (κ3) is 5.44. The lowest BCUT2D eigenvalue weighted by Gasteiger charge is -2.31. The summed E-state index contributed by atoms with van der Waals surface area (Å²) in [6, 6.07) is 27.1. The van der Waals surface area contributed by atoms with Gasteiger partial charge < -0.3 is 9.88 Å². The number of anilines is 1. The van der Waals surface area contributed by atoms with Gasteiger partial charge in [-0.05, 0) is 79.2 Å². The third-order valence-corrected chi connectivity index (χ3v) is 7.50. The molecule has 4 nitrogen and oxygen atoms in total. The highest BCUT2D eigenvalue weighted by Crippen LogP contribution is 2.27. The van der Waals surface area contributed by atoms with Crippen LogP contribution in [0.25, 0.3) is 10.9 Å². The Labute approximate surface area is 212 Å². The van der Waals surface area contributed by atoms with Crippen LogP contribution in [0, 0.1) is 5.92 Å². The first kappa shape index (κ1) is 23.7. The van der Waals surface area contributed by atoms with Crippen LogP contribution in [0.5, 0.6) is 0 Å². The summed E-state index contributed by atoms with van der Waals surface area (Å²) >= 11 is 6.50. The van der Waals surface area contributed by atoms with Gasteiger partial charge in [-0.2, -0.15) is 0 Å². The fourth-order valence-corrected chi connectivity index (χ4v) is 5.27. The molecule has 0 aliphatic carbocycles. The minimum atomic E-state index is 0.0607. The number of nitrogens with one attached hydrogen (secondary N) is 1. The van der Waals surface area contributed by atoms with Gasteiger partial charge in [-0.1, -0.05) is 67.1 Å². The number of hydrogen-bond donors (Lipinski definition) is 1. The van der Waals surface area contributed by atoms with Crippen molar-refractivity contribution in [2.24, 2.45) is 5.92 Å². The minimum absolute atomic E-state index is 0.0607. The Morgan fingerprint density at radius 2 is 1.71 bits per heavy atom. The van der Waals surface area contributed by atoms with E-state index in [0.717, 1.165) is 61.7 Å². The number of piperidine rings is 1. The molecule has 1 aromatic heterocycles. The van der Waals surface area contributed by atoms with Crippen molar-refractivity contribution in [3.05, 3.63) is 101 Å². The maximum atomic E-state index is 12.9. The zero-order valence-corrected chi connectivity index (χ0v) is 21.0. The van der Waals surface area contributed by atoms with E-state index >= 15 is 0 Å². The molecule has 0 spiro atoms. The lowest BCUT2D eigenvalue weighted by Crippen LogP contribution is -2.38. The van der Waals surface area contributed by atoms with Crippen molar-refractivity contribution >= 4 is 34.1 Å². The fourth-order valence-electron chi connectivity index (χ4n) is 5.08. The fraction of sp³-hybridized carbons (Fsp3) is 0.300. The Kier molecular flexibility index (Phi) is 7.21. The smallest absolute Gasteiger partial charge is 0.227 e. The minimum Gasteiger partial charge on any atom is -0.339 e. The van der Waals surface area contributed by atoms with Crippen molar-refractivity contribution in [2.45, 2.75) is 39.3 Å². The monoisotopic (exact) mass is 485 g/mol. The number of aromatic nitrogens is 1. The number of benzene rings is 3. The molecule has 3 aromatic carbocycles. The van der Waals surface area contributed by atoms with Crippen LogP contribution in [0.3, 0.4) is 0 Å². The van der Waals surface area contributed by atoms with E-state index in [0.29, 0.717) is 0 Å². The quantitative estimate of drug-likeness (QED) is 0.314. The van der Waals surface area contributed by atoms with Crippen LogP contribution in [-0.2, 0) is 24.3 Å². The molecule has 0 saturated carbocycles. The lowest BCUT2D eigenvalue weighted by molar-refractivity contribution is -0.121. The molecule has 1 aliphatic heterocycles. The summed E-state index contributed by atoms with van der Waals surface area (Å²) in [6.07, 6.45) is 2.73. The molecule has 1 saturated heterocycles. The largest absolute Gasteiger partial charge is 0.339 e. The summed E-state index contributed by atoms with van der Waals surface area (Å²) in [6.45, 7) is 5.58. The number of nitrogens with zero attached hydrogens (tertiary/aromatic N) is 2. The van der Waals surface area contributed by atoms with Gasteiger partial charge in [-0.15, -0.1) is 0 Å². The molecule has 35 heavy (non-hydrogen) atoms. The summed E-state index contributed by atoms with van der Waals surface area (Å²) in [5, 5.41) is 5.18. The molecule has 1 fully saturated rings. The van der Waals surface area contributed by atoms with Crippen LogP contribution < -0.4 is 5.32 Å². The second kappa shape index (κ2) is 10.7. The first-order chi connectivity index (χ1) is 17.1. The molecule has 0 unspecified atom stereocenters. The molecule has 0 bridgehead atoms. The van der Waals surface area contributed by atoms with Gasteiger partial charge in [0, 0.05) is 40.9 Å². The number of halogens is 1. The number of likely N-dealkylation sites (tertiary alicyclic amines) is 1. The van der Waals surface area contributed by atoms with Gasteiger partial charge in [0.15, 0.2) is 0 Å². The van der Waals surface area contributed by atoms with Crippen molar-refractivity contribution in [2.75, 3.05) is 18.4 Å². The number of hydrogen-bond acceptors (Lipinski definition) is 2. The number of carbonyl (C=O) groups excluding carboxylic acids is 1. The van der Waals surface area contributed by atoms with Gasteiger partial charge in [-0.25, -0.2) is 0 Å². The average Bonchev–Trinajstić information content (AvgIpc) is 3.22. The summed E-state index contributed by atoms with van der Waals surface area (Å²) in [7, 11) is 0. The summed E-state index contributed by atoms with van der Waals surface area (Å²) in [5.74, 6) is 0.205. The van der Waals surface area contributed by atoms with Crippen molar-refractivity contribution in [1.29, 1.82) is 0 Å². The Bertz CT molecular complexity index is 1320. The summed E-state index contributed by atoms with van der Waals surface area (Å²) in [4.78, 5) is 15.4. The molecule has 0 atom stereocenters. The molecule has 1 N–H and O–H groups in total. The first-order valence-corrected chi connectivity index (χ1v) is 12.9. The first-order valence-electron chi connectivity index (χ1n) is 12.5. The molecule has 180 valence electrons. The predicted octanol–water partition coefficient (Wildman–Crippen LogP) is 6.76. The SMILES string of the molecule is CCc1cccc(NC(=O)C2CCN(Cc3cc4ccccc4n3Cc3ccccc3Cl)CC2)c1. The van der Waals surface area contributed by atoms with Crippen LogP contribution in [0.4, 0.5) is 5.69 Å². The Morgan fingerprint density at radius 3 is 2.51 bits per heavy atom. The van der Waals surface area contributed by atoms with E-state index in [1.165, 1.54) is 22.2 Å². The predicted molar refractivity (Wildman–Crippen MR) is 145 cm³/mol. The number of aryl methyl sites for hydroxylation is 1. The van der Waals surface area contributed by atoms with Gasteiger partial charge >= 0.3 is 0 Å². The van der Waals surface area contributed by atoms with Gasteiger partial charge in [0.1, 0.15) is 0 Å². The van der Waals surface area contributed by atoms with E-state index in [2.05, 4.69) is 70.2 Å². The second-order valence-electron chi connectivity index (χ2n) is 9.47. The molecule has 1 amide bonds. The van der Waals surface area contributed by atoms with Crippen molar-refractivity contribution in [3.63, 3.8) is 0 Å². The van der Waals surface area contributed by atoms with Crippen LogP contribution in [0.1, 0.15) is 36.6 Å². The Hall–Kier alpha value is -3.08. The number of amides is 1. The van der Waals surface area contributed by atoms with Crippen LogP contribution in [0.15, 0.2) is 78.9 Å². The normalized spacial score (nSPS) is 14.9. The van der Waals surface area contributed by atoms with Gasteiger partial charge in [0.2, 0.25) is 5.91 Å². The zero-order chi connectivity index (χ0) is 24.2. The highest BCUT2D eigenvalue weighted by atomic mass is 35.5. The second-order valence-corrected chi connectivity index (χ2v) is 9.87.